The van der Waals surface area contributed by atoms with Gasteiger partial charge < -0.3 is 25.5 Å². The summed E-state index contributed by atoms with van der Waals surface area (Å²) in [5, 5.41) is 45.1. The van der Waals surface area contributed by atoms with E-state index in [1.807, 2.05) is 0 Å². The SMILES string of the molecule is C=CCC(=O)[C@H](O)[C@@H](O)[C@H](O)[C@H](O)CO.[Na]. The van der Waals surface area contributed by atoms with Gasteiger partial charge in [-0.3, -0.25) is 4.79 Å². The Morgan fingerprint density at radius 3 is 2.06 bits per heavy atom. The fourth-order valence-electron chi connectivity index (χ4n) is 0.976. The first kappa shape index (κ1) is 18.6. The molecule has 0 aliphatic heterocycles. The van der Waals surface area contributed by atoms with E-state index >= 15 is 0 Å². The zero-order valence-corrected chi connectivity index (χ0v) is 11.2. The Morgan fingerprint density at radius 2 is 1.69 bits per heavy atom. The van der Waals surface area contributed by atoms with Crippen LogP contribution in [0.15, 0.2) is 12.7 Å². The van der Waals surface area contributed by atoms with E-state index in [9.17, 15) is 20.1 Å². The average molecular weight is 243 g/mol. The molecule has 0 rings (SSSR count). The molecule has 4 atom stereocenters. The predicted molar refractivity (Wildman–Crippen MR) is 56.7 cm³/mol. The minimum atomic E-state index is -1.83. The van der Waals surface area contributed by atoms with E-state index in [0.29, 0.717) is 0 Å². The van der Waals surface area contributed by atoms with Crippen LogP contribution in [0.25, 0.3) is 0 Å². The summed E-state index contributed by atoms with van der Waals surface area (Å²) in [7, 11) is 0. The summed E-state index contributed by atoms with van der Waals surface area (Å²) in [6.45, 7) is 2.50. The smallest absolute Gasteiger partial charge is 0.167 e. The Kier molecular flexibility index (Phi) is 10.8. The van der Waals surface area contributed by atoms with E-state index < -0.39 is 36.8 Å². The van der Waals surface area contributed by atoms with Crippen molar-refractivity contribution in [1.29, 1.82) is 0 Å². The maximum atomic E-state index is 11.1. The Labute approximate surface area is 116 Å². The molecule has 0 aliphatic rings. The van der Waals surface area contributed by atoms with Gasteiger partial charge in [0.15, 0.2) is 5.78 Å². The molecular weight excluding hydrogens is 227 g/mol. The monoisotopic (exact) mass is 243 g/mol. The van der Waals surface area contributed by atoms with E-state index in [1.54, 1.807) is 0 Å². The Bertz CT molecular complexity index is 222. The summed E-state index contributed by atoms with van der Waals surface area (Å²) in [6, 6.07) is 0. The van der Waals surface area contributed by atoms with Gasteiger partial charge in [0.2, 0.25) is 0 Å². The first-order valence-corrected chi connectivity index (χ1v) is 4.42. The Balaban J connectivity index is 0. The van der Waals surface area contributed by atoms with E-state index in [-0.39, 0.29) is 36.0 Å². The van der Waals surface area contributed by atoms with Gasteiger partial charge in [-0.25, -0.2) is 0 Å². The maximum Gasteiger partial charge on any atom is 0.167 e. The molecule has 0 heterocycles. The molecule has 0 aromatic heterocycles. The molecular formula is C9H16NaO6. The van der Waals surface area contributed by atoms with Crippen LogP contribution in [0.2, 0.25) is 0 Å². The summed E-state index contributed by atoms with van der Waals surface area (Å²) in [5.74, 6) is -0.721. The van der Waals surface area contributed by atoms with E-state index in [1.165, 1.54) is 6.08 Å². The molecule has 16 heavy (non-hydrogen) atoms. The van der Waals surface area contributed by atoms with Crippen LogP contribution in [0.4, 0.5) is 0 Å². The molecule has 0 spiro atoms. The van der Waals surface area contributed by atoms with Gasteiger partial charge in [0.1, 0.15) is 24.4 Å². The number of rotatable bonds is 7. The largest absolute Gasteiger partial charge is 0.394 e. The molecule has 0 bridgehead atoms. The third kappa shape index (κ3) is 5.51. The first-order valence-electron chi connectivity index (χ1n) is 4.42. The van der Waals surface area contributed by atoms with Gasteiger partial charge in [-0.05, 0) is 0 Å². The van der Waals surface area contributed by atoms with Crippen molar-refractivity contribution in [3.05, 3.63) is 12.7 Å². The van der Waals surface area contributed by atoms with Gasteiger partial charge in [0, 0.05) is 36.0 Å². The third-order valence-corrected chi connectivity index (χ3v) is 1.93. The van der Waals surface area contributed by atoms with Crippen molar-refractivity contribution in [1.82, 2.24) is 0 Å². The van der Waals surface area contributed by atoms with Gasteiger partial charge in [-0.2, -0.15) is 0 Å². The molecule has 0 aliphatic carbocycles. The summed E-state index contributed by atoms with van der Waals surface area (Å²) < 4.78 is 0. The minimum absolute atomic E-state index is 0. The summed E-state index contributed by atoms with van der Waals surface area (Å²) in [5.41, 5.74) is 0. The second kappa shape index (κ2) is 9.26. The number of allylic oxidation sites excluding steroid dienone is 1. The van der Waals surface area contributed by atoms with Gasteiger partial charge in [-0.1, -0.05) is 6.08 Å². The molecule has 6 nitrogen and oxygen atoms in total. The van der Waals surface area contributed by atoms with Gasteiger partial charge in [0.25, 0.3) is 0 Å². The molecule has 89 valence electrons. The molecule has 0 fully saturated rings. The molecule has 1 radical (unpaired) electrons. The molecule has 0 unspecified atom stereocenters. The van der Waals surface area contributed by atoms with Crippen molar-refractivity contribution in [2.45, 2.75) is 30.8 Å². The summed E-state index contributed by atoms with van der Waals surface area (Å²) >= 11 is 0. The van der Waals surface area contributed by atoms with E-state index in [4.69, 9.17) is 10.2 Å². The number of ketones is 1. The standard InChI is InChI=1S/C9H16O6.Na/c1-2-3-5(11)7(13)9(15)8(14)6(12)4-10;/h2,6-10,12-15H,1,3-4H2;/t6-,7+,8-,9-;/m1./s1. The molecule has 0 aromatic rings. The van der Waals surface area contributed by atoms with Crippen molar-refractivity contribution in [3.8, 4) is 0 Å². The van der Waals surface area contributed by atoms with Crippen LogP contribution in [0, 0.1) is 0 Å². The molecule has 0 saturated heterocycles. The zero-order chi connectivity index (χ0) is 12.0. The second-order valence-electron chi connectivity index (χ2n) is 3.14. The van der Waals surface area contributed by atoms with Crippen LogP contribution in [0.5, 0.6) is 0 Å². The number of aliphatic hydroxyl groups excluding tert-OH is 5. The summed E-state index contributed by atoms with van der Waals surface area (Å²) in [6.07, 6.45) is -5.93. The van der Waals surface area contributed by atoms with Crippen LogP contribution in [-0.2, 0) is 4.79 Å². The zero-order valence-electron chi connectivity index (χ0n) is 9.15. The van der Waals surface area contributed by atoms with Crippen molar-refractivity contribution >= 4 is 35.3 Å². The Hall–Kier alpha value is 0.210. The number of carbonyl (C=O) groups excluding carboxylic acids is 1. The number of aliphatic hydroxyl groups is 5. The number of hydrogen-bond acceptors (Lipinski definition) is 6. The van der Waals surface area contributed by atoms with Crippen molar-refractivity contribution in [3.63, 3.8) is 0 Å². The van der Waals surface area contributed by atoms with E-state index in [0.717, 1.165) is 0 Å². The van der Waals surface area contributed by atoms with Crippen LogP contribution >= 0.6 is 0 Å². The molecule has 0 saturated carbocycles. The fourth-order valence-corrected chi connectivity index (χ4v) is 0.976. The number of hydrogen-bond donors (Lipinski definition) is 5. The first-order chi connectivity index (χ1) is 6.95. The van der Waals surface area contributed by atoms with Crippen LogP contribution in [0.3, 0.4) is 0 Å². The van der Waals surface area contributed by atoms with Crippen LogP contribution < -0.4 is 0 Å². The van der Waals surface area contributed by atoms with Crippen LogP contribution in [-0.4, -0.2) is 91.9 Å². The average Bonchev–Trinajstić information content (AvgIpc) is 2.25. The van der Waals surface area contributed by atoms with Crippen LogP contribution in [0.1, 0.15) is 6.42 Å². The maximum absolute atomic E-state index is 11.1. The van der Waals surface area contributed by atoms with Gasteiger partial charge in [-0.15, -0.1) is 6.58 Å². The normalized spacial score (nSPS) is 17.8. The number of Topliss-reactive ketones (excluding diaryl/α,β-unsaturated/α-hetero) is 1. The number of carbonyl (C=O) groups is 1. The molecule has 5 N–H and O–H groups in total. The minimum Gasteiger partial charge on any atom is -0.394 e. The molecule has 0 aromatic carbocycles. The van der Waals surface area contributed by atoms with Crippen molar-refractivity contribution in [2.75, 3.05) is 6.61 Å². The Morgan fingerprint density at radius 1 is 1.19 bits per heavy atom. The predicted octanol–water partition coefficient (Wildman–Crippen LogP) is -2.81. The van der Waals surface area contributed by atoms with Gasteiger partial charge >= 0.3 is 0 Å². The topological polar surface area (TPSA) is 118 Å². The quantitative estimate of drug-likeness (QED) is 0.243. The summed E-state index contributed by atoms with van der Waals surface area (Å²) in [4.78, 5) is 11.1. The second-order valence-corrected chi connectivity index (χ2v) is 3.14. The fraction of sp³-hybridized carbons (Fsp3) is 0.667. The van der Waals surface area contributed by atoms with Crippen molar-refractivity contribution < 1.29 is 30.3 Å². The molecule has 0 amide bonds. The third-order valence-electron chi connectivity index (χ3n) is 1.93. The van der Waals surface area contributed by atoms with Gasteiger partial charge in [0.05, 0.1) is 6.61 Å². The van der Waals surface area contributed by atoms with Crippen molar-refractivity contribution in [2.24, 2.45) is 0 Å². The van der Waals surface area contributed by atoms with E-state index in [2.05, 4.69) is 6.58 Å². The molecule has 7 heteroatoms.